The third kappa shape index (κ3) is 3.99. The van der Waals surface area contributed by atoms with E-state index in [1.807, 2.05) is 49.4 Å². The molecule has 0 aliphatic carbocycles. The molecule has 0 saturated carbocycles. The molecule has 3 aromatic rings. The van der Waals surface area contributed by atoms with Crippen LogP contribution in [0.25, 0.3) is 0 Å². The lowest BCUT2D eigenvalue weighted by atomic mass is 10.2. The molecule has 0 aliphatic heterocycles. The van der Waals surface area contributed by atoms with E-state index in [-0.39, 0.29) is 0 Å². The molecule has 0 fully saturated rings. The van der Waals surface area contributed by atoms with Gasteiger partial charge in [-0.3, -0.25) is 0 Å². The molecule has 7 heteroatoms. The van der Waals surface area contributed by atoms with Crippen LogP contribution in [-0.2, 0) is 0 Å². The van der Waals surface area contributed by atoms with Crippen LogP contribution in [0.5, 0.6) is 5.75 Å². The number of aromatic nitrogens is 3. The Morgan fingerprint density at radius 3 is 2.58 bits per heavy atom. The summed E-state index contributed by atoms with van der Waals surface area (Å²) in [6.07, 6.45) is 1.56. The summed E-state index contributed by atoms with van der Waals surface area (Å²) in [5.41, 5.74) is 2.83. The van der Waals surface area contributed by atoms with Gasteiger partial charge in [0.1, 0.15) is 5.75 Å². The number of hydrogen-bond acceptors (Lipinski definition) is 6. The maximum absolute atomic E-state index is 5.36. The highest BCUT2D eigenvalue weighted by molar-refractivity contribution is 9.10. The molecular weight excluding hydrogens is 370 g/mol. The maximum Gasteiger partial charge on any atom is 0.249 e. The number of rotatable bonds is 5. The number of nitrogens with one attached hydrogen (secondary N) is 2. The lowest BCUT2D eigenvalue weighted by molar-refractivity contribution is 0.416. The van der Waals surface area contributed by atoms with Gasteiger partial charge in [-0.2, -0.15) is 10.1 Å². The number of ether oxygens (including phenoxy) is 1. The molecule has 1 heterocycles. The van der Waals surface area contributed by atoms with E-state index < -0.39 is 0 Å². The summed E-state index contributed by atoms with van der Waals surface area (Å²) in [6, 6.07) is 13.6. The van der Waals surface area contributed by atoms with Gasteiger partial charge in [-0.05, 0) is 48.9 Å². The van der Waals surface area contributed by atoms with E-state index in [1.165, 1.54) is 0 Å². The van der Waals surface area contributed by atoms with Crippen LogP contribution < -0.4 is 15.4 Å². The minimum absolute atomic E-state index is 0.411. The van der Waals surface area contributed by atoms with Gasteiger partial charge in [0.25, 0.3) is 0 Å². The zero-order valence-electron chi connectivity index (χ0n) is 13.2. The van der Waals surface area contributed by atoms with Crippen molar-refractivity contribution in [2.45, 2.75) is 6.92 Å². The fourth-order valence-corrected chi connectivity index (χ4v) is 2.40. The largest absolute Gasteiger partial charge is 0.495 e. The van der Waals surface area contributed by atoms with E-state index in [9.17, 15) is 0 Å². The van der Waals surface area contributed by atoms with Crippen molar-refractivity contribution in [3.8, 4) is 5.75 Å². The molecule has 0 saturated heterocycles. The van der Waals surface area contributed by atoms with Gasteiger partial charge >= 0.3 is 0 Å². The van der Waals surface area contributed by atoms with Crippen molar-refractivity contribution in [2.24, 2.45) is 0 Å². The summed E-state index contributed by atoms with van der Waals surface area (Å²) in [7, 11) is 1.63. The summed E-state index contributed by atoms with van der Waals surface area (Å²) in [5.74, 6) is 1.73. The first-order valence-corrected chi connectivity index (χ1v) is 8.07. The molecular formula is C17H16BrN5O. The zero-order chi connectivity index (χ0) is 16.9. The Bertz CT molecular complexity index is 839. The second-order valence-corrected chi connectivity index (χ2v) is 6.04. The fourth-order valence-electron chi connectivity index (χ4n) is 2.14. The van der Waals surface area contributed by atoms with Gasteiger partial charge in [-0.15, -0.1) is 5.10 Å². The van der Waals surface area contributed by atoms with Crippen LogP contribution in [0.2, 0.25) is 0 Å². The first kappa shape index (κ1) is 16.2. The molecule has 2 N–H and O–H groups in total. The van der Waals surface area contributed by atoms with E-state index >= 15 is 0 Å². The maximum atomic E-state index is 5.36. The third-order valence-corrected chi connectivity index (χ3v) is 3.81. The second-order valence-electron chi connectivity index (χ2n) is 5.13. The van der Waals surface area contributed by atoms with Crippen molar-refractivity contribution < 1.29 is 4.74 Å². The molecule has 0 aliphatic rings. The third-order valence-electron chi connectivity index (χ3n) is 3.28. The van der Waals surface area contributed by atoms with Crippen molar-refractivity contribution in [1.29, 1.82) is 0 Å². The Morgan fingerprint density at radius 1 is 1.04 bits per heavy atom. The lowest BCUT2D eigenvalue weighted by Crippen LogP contribution is -2.03. The van der Waals surface area contributed by atoms with Crippen LogP contribution in [0.15, 0.2) is 53.1 Å². The van der Waals surface area contributed by atoms with Crippen LogP contribution in [0, 0.1) is 6.92 Å². The van der Waals surface area contributed by atoms with Gasteiger partial charge in [-0.25, -0.2) is 0 Å². The summed E-state index contributed by atoms with van der Waals surface area (Å²) in [6.45, 7) is 2.02. The molecule has 3 rings (SSSR count). The number of methoxy groups -OCH3 is 1. The first-order chi connectivity index (χ1) is 11.6. The van der Waals surface area contributed by atoms with E-state index in [1.54, 1.807) is 13.3 Å². The predicted octanol–water partition coefficient (Wildman–Crippen LogP) is 4.44. The molecule has 122 valence electrons. The van der Waals surface area contributed by atoms with E-state index in [4.69, 9.17) is 4.74 Å². The van der Waals surface area contributed by atoms with Gasteiger partial charge in [0.2, 0.25) is 5.95 Å². The minimum atomic E-state index is 0.411. The molecule has 1 aromatic heterocycles. The number of halogens is 1. The summed E-state index contributed by atoms with van der Waals surface area (Å²) < 4.78 is 6.37. The minimum Gasteiger partial charge on any atom is -0.495 e. The lowest BCUT2D eigenvalue weighted by Gasteiger charge is -2.12. The molecule has 0 unspecified atom stereocenters. The Kier molecular flexibility index (Phi) is 4.90. The Morgan fingerprint density at radius 2 is 1.83 bits per heavy atom. The van der Waals surface area contributed by atoms with Crippen LogP contribution in [0.4, 0.5) is 23.1 Å². The van der Waals surface area contributed by atoms with Crippen LogP contribution in [-0.4, -0.2) is 22.3 Å². The average molecular weight is 386 g/mol. The molecule has 0 amide bonds. The number of benzene rings is 2. The molecule has 0 atom stereocenters. The normalized spacial score (nSPS) is 10.3. The van der Waals surface area contributed by atoms with Crippen molar-refractivity contribution in [2.75, 3.05) is 17.7 Å². The van der Waals surface area contributed by atoms with Crippen molar-refractivity contribution in [3.63, 3.8) is 0 Å². The van der Waals surface area contributed by atoms with Crippen molar-refractivity contribution in [3.05, 3.63) is 58.7 Å². The van der Waals surface area contributed by atoms with Crippen molar-refractivity contribution >= 4 is 39.1 Å². The number of aryl methyl sites for hydroxylation is 1. The average Bonchev–Trinajstić information content (AvgIpc) is 2.58. The summed E-state index contributed by atoms with van der Waals surface area (Å²) in [4.78, 5) is 4.43. The second kappa shape index (κ2) is 7.27. The molecule has 24 heavy (non-hydrogen) atoms. The van der Waals surface area contributed by atoms with Crippen LogP contribution in [0.1, 0.15) is 5.56 Å². The fraction of sp³-hybridized carbons (Fsp3) is 0.118. The Hall–Kier alpha value is -2.67. The van der Waals surface area contributed by atoms with E-state index in [2.05, 4.69) is 41.7 Å². The van der Waals surface area contributed by atoms with Crippen LogP contribution >= 0.6 is 15.9 Å². The topological polar surface area (TPSA) is 72.0 Å². The van der Waals surface area contributed by atoms with Crippen molar-refractivity contribution in [1.82, 2.24) is 15.2 Å². The number of nitrogens with zero attached hydrogens (tertiary/aromatic N) is 3. The molecule has 6 nitrogen and oxygen atoms in total. The van der Waals surface area contributed by atoms with Gasteiger partial charge in [0.15, 0.2) is 5.82 Å². The highest BCUT2D eigenvalue weighted by Crippen LogP contribution is 2.28. The van der Waals surface area contributed by atoms with Gasteiger partial charge in [-0.1, -0.05) is 22.0 Å². The smallest absolute Gasteiger partial charge is 0.249 e. The predicted molar refractivity (Wildman–Crippen MR) is 98.3 cm³/mol. The van der Waals surface area contributed by atoms with Gasteiger partial charge in [0.05, 0.1) is 19.0 Å². The Labute approximate surface area is 148 Å². The standard InChI is InChI=1S/C17H16BrN5O/c1-11-3-8-15(24-2)14(9-11)21-16-10-19-23-17(22-16)20-13-6-4-12(18)5-7-13/h3-10H,1-2H3,(H2,20,21,22,23). The molecule has 2 aromatic carbocycles. The molecule has 0 radical (unpaired) electrons. The highest BCUT2D eigenvalue weighted by atomic mass is 79.9. The quantitative estimate of drug-likeness (QED) is 0.676. The SMILES string of the molecule is COc1ccc(C)cc1Nc1cnnc(Nc2ccc(Br)cc2)n1. The van der Waals surface area contributed by atoms with E-state index in [0.29, 0.717) is 11.8 Å². The molecule has 0 bridgehead atoms. The Balaban J connectivity index is 1.80. The summed E-state index contributed by atoms with van der Waals surface area (Å²) >= 11 is 3.41. The molecule has 0 spiro atoms. The number of hydrogen-bond donors (Lipinski definition) is 2. The van der Waals surface area contributed by atoms with Gasteiger partial charge in [0, 0.05) is 10.2 Å². The highest BCUT2D eigenvalue weighted by Gasteiger charge is 2.06. The zero-order valence-corrected chi connectivity index (χ0v) is 14.8. The summed E-state index contributed by atoms with van der Waals surface area (Å²) in [5, 5.41) is 14.3. The van der Waals surface area contributed by atoms with Gasteiger partial charge < -0.3 is 15.4 Å². The van der Waals surface area contributed by atoms with Crippen LogP contribution in [0.3, 0.4) is 0 Å². The first-order valence-electron chi connectivity index (χ1n) is 7.28. The number of anilines is 4. The monoisotopic (exact) mass is 385 g/mol. The van der Waals surface area contributed by atoms with E-state index in [0.717, 1.165) is 27.2 Å².